The number of nitrogens with one attached hydrogen (secondary N) is 1. The van der Waals surface area contributed by atoms with Gasteiger partial charge in [-0.15, -0.1) is 0 Å². The molecular weight excluding hydrogens is 222 g/mol. The highest BCUT2D eigenvalue weighted by molar-refractivity contribution is 7.09. The van der Waals surface area contributed by atoms with Crippen molar-refractivity contribution in [2.45, 2.75) is 19.4 Å². The number of anilines is 2. The second-order valence-corrected chi connectivity index (χ2v) is 4.31. The first-order valence-electron chi connectivity index (χ1n) is 5.07. The predicted molar refractivity (Wildman–Crippen MR) is 65.0 cm³/mol. The van der Waals surface area contributed by atoms with Crippen molar-refractivity contribution < 1.29 is 5.11 Å². The van der Waals surface area contributed by atoms with Crippen molar-refractivity contribution in [2.75, 3.05) is 5.32 Å². The van der Waals surface area contributed by atoms with E-state index in [1.54, 1.807) is 6.92 Å². The van der Waals surface area contributed by atoms with E-state index >= 15 is 0 Å². The van der Waals surface area contributed by atoms with Gasteiger partial charge in [0.25, 0.3) is 0 Å². The third-order valence-corrected chi connectivity index (χ3v) is 2.64. The number of hydrogen-bond donors (Lipinski definition) is 2. The Kier molecular flexibility index (Phi) is 3.48. The highest BCUT2D eigenvalue weighted by Crippen LogP contribution is 2.18. The number of para-hydroxylation sites is 1. The number of rotatable bonds is 4. The molecule has 0 radical (unpaired) electrons. The Hall–Kier alpha value is -1.46. The van der Waals surface area contributed by atoms with Gasteiger partial charge in [0, 0.05) is 23.6 Å². The highest BCUT2D eigenvalue weighted by Gasteiger charge is 2.06. The van der Waals surface area contributed by atoms with Crippen molar-refractivity contribution in [3.63, 3.8) is 0 Å². The van der Waals surface area contributed by atoms with E-state index in [4.69, 9.17) is 0 Å². The van der Waals surface area contributed by atoms with E-state index in [1.165, 1.54) is 11.5 Å². The lowest BCUT2D eigenvalue weighted by Gasteiger charge is -2.00. The third-order valence-electron chi connectivity index (χ3n) is 1.97. The molecule has 0 fully saturated rings. The number of nitrogens with zero attached hydrogens (tertiary/aromatic N) is 2. The first kappa shape index (κ1) is 11.0. The van der Waals surface area contributed by atoms with Gasteiger partial charge in [-0.2, -0.15) is 4.37 Å². The Morgan fingerprint density at radius 3 is 2.81 bits per heavy atom. The third kappa shape index (κ3) is 3.01. The summed E-state index contributed by atoms with van der Waals surface area (Å²) in [6, 6.07) is 9.82. The maximum atomic E-state index is 9.21. The second-order valence-electron chi connectivity index (χ2n) is 3.56. The maximum absolute atomic E-state index is 9.21. The monoisotopic (exact) mass is 235 g/mol. The van der Waals surface area contributed by atoms with Crippen LogP contribution >= 0.6 is 11.5 Å². The first-order valence-corrected chi connectivity index (χ1v) is 5.84. The summed E-state index contributed by atoms with van der Waals surface area (Å²) in [5, 5.41) is 13.1. The molecule has 2 aromatic rings. The van der Waals surface area contributed by atoms with Gasteiger partial charge in [0.1, 0.15) is 5.82 Å². The summed E-state index contributed by atoms with van der Waals surface area (Å²) in [6.45, 7) is 1.73. The number of hydrogen-bond acceptors (Lipinski definition) is 5. The molecule has 0 aliphatic rings. The molecule has 4 nitrogen and oxygen atoms in total. The lowest BCUT2D eigenvalue weighted by atomic mass is 10.3. The number of aliphatic hydroxyl groups excluding tert-OH is 1. The molecule has 0 saturated heterocycles. The van der Waals surface area contributed by atoms with Gasteiger partial charge in [-0.25, -0.2) is 4.98 Å². The molecule has 1 heterocycles. The minimum atomic E-state index is -0.404. The Bertz CT molecular complexity index is 442. The van der Waals surface area contributed by atoms with Gasteiger partial charge in [0.05, 0.1) is 6.10 Å². The molecule has 1 atom stereocenters. The molecular formula is C11H13N3OS. The Balaban J connectivity index is 2.03. The van der Waals surface area contributed by atoms with Gasteiger partial charge in [-0.1, -0.05) is 18.2 Å². The molecule has 2 N–H and O–H groups in total. The van der Waals surface area contributed by atoms with E-state index in [9.17, 15) is 5.11 Å². The van der Waals surface area contributed by atoms with Crippen LogP contribution in [0.2, 0.25) is 0 Å². The summed E-state index contributed by atoms with van der Waals surface area (Å²) >= 11 is 1.30. The average molecular weight is 235 g/mol. The maximum Gasteiger partial charge on any atom is 0.207 e. The lowest BCUT2D eigenvalue weighted by Crippen LogP contribution is -2.05. The Morgan fingerprint density at radius 1 is 1.38 bits per heavy atom. The van der Waals surface area contributed by atoms with Gasteiger partial charge < -0.3 is 10.4 Å². The van der Waals surface area contributed by atoms with Crippen molar-refractivity contribution >= 4 is 22.4 Å². The van der Waals surface area contributed by atoms with Crippen LogP contribution in [0.3, 0.4) is 0 Å². The summed E-state index contributed by atoms with van der Waals surface area (Å²) in [4.78, 5) is 4.28. The molecule has 84 valence electrons. The van der Waals surface area contributed by atoms with Crippen molar-refractivity contribution in [3.8, 4) is 0 Å². The van der Waals surface area contributed by atoms with Crippen LogP contribution < -0.4 is 5.32 Å². The Labute approximate surface area is 98.1 Å². The van der Waals surface area contributed by atoms with Gasteiger partial charge in [-0.05, 0) is 19.1 Å². The normalized spacial score (nSPS) is 12.4. The zero-order valence-electron chi connectivity index (χ0n) is 8.92. The molecule has 0 unspecified atom stereocenters. The molecule has 1 aromatic carbocycles. The SMILES string of the molecule is C[C@@H](O)Cc1nsc(Nc2ccccc2)n1. The topological polar surface area (TPSA) is 58.0 Å². The van der Waals surface area contributed by atoms with Gasteiger partial charge >= 0.3 is 0 Å². The van der Waals surface area contributed by atoms with E-state index in [-0.39, 0.29) is 0 Å². The molecule has 0 spiro atoms. The van der Waals surface area contributed by atoms with E-state index in [0.29, 0.717) is 12.2 Å². The summed E-state index contributed by atoms with van der Waals surface area (Å²) in [7, 11) is 0. The minimum Gasteiger partial charge on any atom is -0.393 e. The standard InChI is InChI=1S/C11H13N3OS/c1-8(15)7-10-13-11(16-14-10)12-9-5-3-2-4-6-9/h2-6,8,15H,7H2,1H3,(H,12,13,14)/t8-/m1/s1. The molecule has 0 amide bonds. The summed E-state index contributed by atoms with van der Waals surface area (Å²) < 4.78 is 4.16. The molecule has 2 rings (SSSR count). The minimum absolute atomic E-state index is 0.404. The fourth-order valence-electron chi connectivity index (χ4n) is 1.30. The van der Waals surface area contributed by atoms with E-state index in [1.807, 2.05) is 30.3 Å². The smallest absolute Gasteiger partial charge is 0.207 e. The molecule has 1 aromatic heterocycles. The highest BCUT2D eigenvalue weighted by atomic mass is 32.1. The summed E-state index contributed by atoms with van der Waals surface area (Å²) in [6.07, 6.45) is 0.0895. The molecule has 0 aliphatic heterocycles. The van der Waals surface area contributed by atoms with Gasteiger partial charge in [-0.3, -0.25) is 0 Å². The fourth-order valence-corrected chi connectivity index (χ4v) is 1.91. The van der Waals surface area contributed by atoms with Gasteiger partial charge in [0.15, 0.2) is 0 Å². The number of aromatic nitrogens is 2. The Morgan fingerprint density at radius 2 is 2.12 bits per heavy atom. The first-order chi connectivity index (χ1) is 7.74. The summed E-state index contributed by atoms with van der Waals surface area (Å²) in [5.41, 5.74) is 0.988. The largest absolute Gasteiger partial charge is 0.393 e. The molecule has 0 aliphatic carbocycles. The van der Waals surface area contributed by atoms with Crippen LogP contribution in [0.4, 0.5) is 10.8 Å². The van der Waals surface area contributed by atoms with Crippen molar-refractivity contribution in [3.05, 3.63) is 36.2 Å². The van der Waals surface area contributed by atoms with Crippen LogP contribution in [-0.2, 0) is 6.42 Å². The molecule has 0 bridgehead atoms. The fraction of sp³-hybridized carbons (Fsp3) is 0.273. The second kappa shape index (κ2) is 5.05. The quantitative estimate of drug-likeness (QED) is 0.853. The zero-order valence-corrected chi connectivity index (χ0v) is 9.74. The molecule has 16 heavy (non-hydrogen) atoms. The van der Waals surface area contributed by atoms with E-state index in [2.05, 4.69) is 14.7 Å². The van der Waals surface area contributed by atoms with Crippen molar-refractivity contribution in [1.82, 2.24) is 9.36 Å². The molecule has 5 heteroatoms. The van der Waals surface area contributed by atoms with Gasteiger partial charge in [0.2, 0.25) is 5.13 Å². The average Bonchev–Trinajstić information content (AvgIpc) is 2.66. The summed E-state index contributed by atoms with van der Waals surface area (Å²) in [5.74, 6) is 0.679. The number of aliphatic hydroxyl groups is 1. The lowest BCUT2D eigenvalue weighted by molar-refractivity contribution is 0.193. The van der Waals surface area contributed by atoms with Crippen LogP contribution in [0, 0.1) is 0 Å². The predicted octanol–water partition coefficient (Wildman–Crippen LogP) is 2.21. The van der Waals surface area contributed by atoms with Crippen molar-refractivity contribution in [2.24, 2.45) is 0 Å². The van der Waals surface area contributed by atoms with E-state index < -0.39 is 6.10 Å². The van der Waals surface area contributed by atoms with Crippen LogP contribution in [0.15, 0.2) is 30.3 Å². The van der Waals surface area contributed by atoms with Crippen LogP contribution in [-0.4, -0.2) is 20.6 Å². The van der Waals surface area contributed by atoms with Crippen molar-refractivity contribution in [1.29, 1.82) is 0 Å². The van der Waals surface area contributed by atoms with Crippen LogP contribution in [0.1, 0.15) is 12.7 Å². The molecule has 0 saturated carbocycles. The zero-order chi connectivity index (χ0) is 11.4. The van der Waals surface area contributed by atoms with Crippen LogP contribution in [0.5, 0.6) is 0 Å². The van der Waals surface area contributed by atoms with E-state index in [0.717, 1.165) is 10.8 Å². The number of benzene rings is 1. The van der Waals surface area contributed by atoms with Crippen LogP contribution in [0.25, 0.3) is 0 Å².